The number of hydrogen-bond donors (Lipinski definition) is 0. The Morgan fingerprint density at radius 3 is 2.44 bits per heavy atom. The van der Waals surface area contributed by atoms with Gasteiger partial charge in [-0.05, 0) is 36.6 Å². The molecule has 3 rings (SSSR count). The molecular formula is C18H23NO5S. The first-order valence-electron chi connectivity index (χ1n) is 8.13. The Balaban J connectivity index is 1.78. The quantitative estimate of drug-likeness (QED) is 0.753. The number of sulfonamides is 1. The van der Waals surface area contributed by atoms with Crippen molar-refractivity contribution < 1.29 is 22.3 Å². The molecule has 2 atom stereocenters. The molecule has 0 spiro atoms. The third-order valence-electron chi connectivity index (χ3n) is 4.60. The number of rotatable bonds is 7. The lowest BCUT2D eigenvalue weighted by atomic mass is 10.3. The molecular weight excluding hydrogens is 342 g/mol. The highest BCUT2D eigenvalue weighted by molar-refractivity contribution is 7.89. The van der Waals surface area contributed by atoms with Gasteiger partial charge in [0.25, 0.3) is 0 Å². The summed E-state index contributed by atoms with van der Waals surface area (Å²) in [5.41, 5.74) is 0. The summed E-state index contributed by atoms with van der Waals surface area (Å²) in [7, 11) is 0.853. The second kappa shape index (κ2) is 6.72. The molecule has 1 aliphatic rings. The Bertz CT molecular complexity index is 858. The summed E-state index contributed by atoms with van der Waals surface area (Å²) in [6.07, 6.45) is 1.13. The van der Waals surface area contributed by atoms with Crippen LogP contribution in [0.25, 0.3) is 0 Å². The number of furan rings is 1. The molecule has 1 fully saturated rings. The molecule has 136 valence electrons. The smallest absolute Gasteiger partial charge is 0.243 e. The summed E-state index contributed by atoms with van der Waals surface area (Å²) >= 11 is 0. The third kappa shape index (κ3) is 3.52. The predicted octanol–water partition coefficient (Wildman–Crippen LogP) is 3.24. The van der Waals surface area contributed by atoms with Crippen LogP contribution in [0.2, 0.25) is 0 Å². The van der Waals surface area contributed by atoms with Crippen molar-refractivity contribution in [2.24, 2.45) is 5.92 Å². The first-order chi connectivity index (χ1) is 11.9. The molecule has 6 nitrogen and oxygen atoms in total. The zero-order valence-electron chi connectivity index (χ0n) is 14.9. The highest BCUT2D eigenvalue weighted by atomic mass is 32.2. The fraction of sp³-hybridized carbons (Fsp3) is 0.444. The van der Waals surface area contributed by atoms with Crippen LogP contribution in [0.4, 0.5) is 0 Å². The molecule has 0 unspecified atom stereocenters. The molecule has 1 saturated carbocycles. The number of benzene rings is 1. The topological polar surface area (TPSA) is 69.0 Å². The highest BCUT2D eigenvalue weighted by Crippen LogP contribution is 2.47. The SMILES string of the molecule is COc1ccc(S(=O)(=O)N(C)Cc2ccc([C@@H]3C[C@@H]3C)o2)cc1OC. The maximum atomic E-state index is 12.8. The normalized spacial score (nSPS) is 19.9. The Morgan fingerprint density at radius 1 is 1.16 bits per heavy atom. The second-order valence-electron chi connectivity index (χ2n) is 6.40. The Hall–Kier alpha value is -1.99. The van der Waals surface area contributed by atoms with Crippen LogP contribution in [0.5, 0.6) is 11.5 Å². The highest BCUT2D eigenvalue weighted by Gasteiger charge is 2.36. The maximum Gasteiger partial charge on any atom is 0.243 e. The van der Waals surface area contributed by atoms with Crippen molar-refractivity contribution in [2.45, 2.75) is 30.7 Å². The van der Waals surface area contributed by atoms with Crippen LogP contribution in [0.15, 0.2) is 39.6 Å². The van der Waals surface area contributed by atoms with Crippen LogP contribution in [-0.4, -0.2) is 34.0 Å². The van der Waals surface area contributed by atoms with Gasteiger partial charge in [-0.2, -0.15) is 4.31 Å². The van der Waals surface area contributed by atoms with E-state index in [1.54, 1.807) is 6.07 Å². The summed E-state index contributed by atoms with van der Waals surface area (Å²) < 4.78 is 43.0. The molecule has 1 aromatic heterocycles. The van der Waals surface area contributed by atoms with E-state index < -0.39 is 10.0 Å². The van der Waals surface area contributed by atoms with Gasteiger partial charge in [-0.15, -0.1) is 0 Å². The van der Waals surface area contributed by atoms with Crippen molar-refractivity contribution in [2.75, 3.05) is 21.3 Å². The van der Waals surface area contributed by atoms with Crippen LogP contribution < -0.4 is 9.47 Å². The molecule has 1 aromatic carbocycles. The molecule has 25 heavy (non-hydrogen) atoms. The first kappa shape index (κ1) is 17.8. The molecule has 2 aromatic rings. The van der Waals surface area contributed by atoms with Gasteiger partial charge in [-0.1, -0.05) is 6.92 Å². The third-order valence-corrected chi connectivity index (χ3v) is 6.40. The summed E-state index contributed by atoms with van der Waals surface area (Å²) in [5.74, 6) is 3.56. The van der Waals surface area contributed by atoms with Crippen molar-refractivity contribution in [1.82, 2.24) is 4.31 Å². The van der Waals surface area contributed by atoms with E-state index in [9.17, 15) is 8.42 Å². The average Bonchev–Trinajstić information content (AvgIpc) is 3.15. The monoisotopic (exact) mass is 365 g/mol. The van der Waals surface area contributed by atoms with Crippen molar-refractivity contribution >= 4 is 10.0 Å². The van der Waals surface area contributed by atoms with E-state index in [4.69, 9.17) is 13.9 Å². The summed E-state index contributed by atoms with van der Waals surface area (Å²) in [4.78, 5) is 0.148. The minimum atomic E-state index is -3.66. The van der Waals surface area contributed by atoms with Crippen molar-refractivity contribution in [3.63, 3.8) is 0 Å². The molecule has 0 aliphatic heterocycles. The molecule has 0 N–H and O–H groups in total. The van der Waals surface area contributed by atoms with Crippen molar-refractivity contribution in [1.29, 1.82) is 0 Å². The fourth-order valence-corrected chi connectivity index (χ4v) is 4.01. The second-order valence-corrected chi connectivity index (χ2v) is 8.45. The molecule has 0 bridgehead atoms. The average molecular weight is 365 g/mol. The van der Waals surface area contributed by atoms with E-state index >= 15 is 0 Å². The van der Waals surface area contributed by atoms with Gasteiger partial charge >= 0.3 is 0 Å². The molecule has 1 aliphatic carbocycles. The summed E-state index contributed by atoms with van der Waals surface area (Å²) in [5, 5.41) is 0. The van der Waals surface area contributed by atoms with Crippen molar-refractivity contribution in [3.8, 4) is 11.5 Å². The molecule has 0 saturated heterocycles. The van der Waals surface area contributed by atoms with E-state index in [1.165, 1.54) is 37.7 Å². The summed E-state index contributed by atoms with van der Waals surface area (Å²) in [6, 6.07) is 8.34. The van der Waals surface area contributed by atoms with Crippen LogP contribution in [-0.2, 0) is 16.6 Å². The van der Waals surface area contributed by atoms with Crippen LogP contribution in [0.1, 0.15) is 30.8 Å². The van der Waals surface area contributed by atoms with Gasteiger partial charge in [-0.25, -0.2) is 8.42 Å². The van der Waals surface area contributed by atoms with Gasteiger partial charge in [0.2, 0.25) is 10.0 Å². The lowest BCUT2D eigenvalue weighted by molar-refractivity contribution is 0.353. The van der Waals surface area contributed by atoms with Gasteiger partial charge in [0.05, 0.1) is 25.7 Å². The standard InChI is InChI=1S/C18H23NO5S/c1-12-9-15(12)16-7-5-13(24-16)11-19(2)25(20,21)14-6-8-17(22-3)18(10-14)23-4/h5-8,10,12,15H,9,11H2,1-4H3/t12-,15+/m0/s1. The number of nitrogens with zero attached hydrogens (tertiary/aromatic N) is 1. The Morgan fingerprint density at radius 2 is 1.84 bits per heavy atom. The van der Waals surface area contributed by atoms with E-state index in [-0.39, 0.29) is 11.4 Å². The molecule has 0 radical (unpaired) electrons. The van der Waals surface area contributed by atoms with E-state index in [1.807, 2.05) is 12.1 Å². The van der Waals surface area contributed by atoms with Crippen LogP contribution in [0.3, 0.4) is 0 Å². The maximum absolute atomic E-state index is 12.8. The van der Waals surface area contributed by atoms with E-state index in [0.717, 1.165) is 12.2 Å². The van der Waals surface area contributed by atoms with Gasteiger partial charge in [0.15, 0.2) is 11.5 Å². The number of methoxy groups -OCH3 is 2. The first-order valence-corrected chi connectivity index (χ1v) is 9.57. The van der Waals surface area contributed by atoms with Crippen LogP contribution >= 0.6 is 0 Å². The van der Waals surface area contributed by atoms with E-state index in [2.05, 4.69) is 6.92 Å². The van der Waals surface area contributed by atoms with Gasteiger partial charge in [0, 0.05) is 19.0 Å². The lowest BCUT2D eigenvalue weighted by Gasteiger charge is -2.17. The molecule has 0 amide bonds. The minimum Gasteiger partial charge on any atom is -0.493 e. The Kier molecular flexibility index (Phi) is 4.79. The number of hydrogen-bond acceptors (Lipinski definition) is 5. The zero-order valence-corrected chi connectivity index (χ0v) is 15.7. The van der Waals surface area contributed by atoms with Gasteiger partial charge < -0.3 is 13.9 Å². The number of ether oxygens (including phenoxy) is 2. The fourth-order valence-electron chi connectivity index (χ4n) is 2.86. The predicted molar refractivity (Wildman–Crippen MR) is 93.4 cm³/mol. The molecule has 1 heterocycles. The van der Waals surface area contributed by atoms with E-state index in [0.29, 0.717) is 29.1 Å². The van der Waals surface area contributed by atoms with Crippen LogP contribution in [0, 0.1) is 5.92 Å². The minimum absolute atomic E-state index is 0.148. The van der Waals surface area contributed by atoms with Crippen molar-refractivity contribution in [3.05, 3.63) is 41.9 Å². The lowest BCUT2D eigenvalue weighted by Crippen LogP contribution is -2.26. The van der Waals surface area contributed by atoms with Gasteiger partial charge in [-0.3, -0.25) is 0 Å². The zero-order chi connectivity index (χ0) is 18.2. The Labute approximate surface area is 148 Å². The molecule has 7 heteroatoms. The largest absolute Gasteiger partial charge is 0.493 e. The van der Waals surface area contributed by atoms with Gasteiger partial charge in [0.1, 0.15) is 11.5 Å². The summed E-state index contributed by atoms with van der Waals surface area (Å²) in [6.45, 7) is 2.36.